The first-order valence-corrected chi connectivity index (χ1v) is 8.48. The summed E-state index contributed by atoms with van der Waals surface area (Å²) in [6, 6.07) is 9.72. The van der Waals surface area contributed by atoms with Gasteiger partial charge in [-0.3, -0.25) is 4.98 Å². The van der Waals surface area contributed by atoms with E-state index in [1.807, 2.05) is 51.1 Å². The lowest BCUT2D eigenvalue weighted by Crippen LogP contribution is -2.24. The standard InChI is InChI=1S/C20H27NO2/c1-6-10-14(7-2)18-13-16(19(22)23-20(3,4)5)15-11-8-9-12-17(15)21-18/h8-9,11-14H,6-7,10H2,1-5H3. The lowest BCUT2D eigenvalue weighted by molar-refractivity contribution is 0.00716. The van der Waals surface area contributed by atoms with Crippen LogP contribution < -0.4 is 0 Å². The molecule has 2 aromatic rings. The van der Waals surface area contributed by atoms with E-state index in [-0.39, 0.29) is 5.97 Å². The van der Waals surface area contributed by atoms with Gasteiger partial charge in [0.05, 0.1) is 11.1 Å². The van der Waals surface area contributed by atoms with Gasteiger partial charge in [0.25, 0.3) is 0 Å². The Hall–Kier alpha value is -1.90. The third kappa shape index (κ3) is 4.31. The zero-order chi connectivity index (χ0) is 17.0. The maximum absolute atomic E-state index is 12.6. The summed E-state index contributed by atoms with van der Waals surface area (Å²) in [5.41, 5.74) is 1.97. The molecule has 0 aliphatic carbocycles. The van der Waals surface area contributed by atoms with E-state index in [4.69, 9.17) is 9.72 Å². The van der Waals surface area contributed by atoms with Crippen LogP contribution in [0.2, 0.25) is 0 Å². The highest BCUT2D eigenvalue weighted by Gasteiger charge is 2.22. The fourth-order valence-corrected chi connectivity index (χ4v) is 2.82. The van der Waals surface area contributed by atoms with Crippen LogP contribution in [0, 0.1) is 0 Å². The number of pyridine rings is 1. The van der Waals surface area contributed by atoms with Gasteiger partial charge < -0.3 is 4.74 Å². The van der Waals surface area contributed by atoms with Gasteiger partial charge in [0, 0.05) is 17.0 Å². The van der Waals surface area contributed by atoms with Gasteiger partial charge in [0.15, 0.2) is 0 Å². The van der Waals surface area contributed by atoms with E-state index in [0.29, 0.717) is 11.5 Å². The number of benzene rings is 1. The van der Waals surface area contributed by atoms with Crippen LogP contribution in [0.15, 0.2) is 30.3 Å². The molecular weight excluding hydrogens is 286 g/mol. The number of nitrogens with zero attached hydrogens (tertiary/aromatic N) is 1. The number of ether oxygens (including phenoxy) is 1. The highest BCUT2D eigenvalue weighted by molar-refractivity contribution is 6.03. The molecule has 0 N–H and O–H groups in total. The molecule has 1 heterocycles. The van der Waals surface area contributed by atoms with Gasteiger partial charge in [-0.15, -0.1) is 0 Å². The molecule has 0 saturated heterocycles. The molecule has 0 aliphatic heterocycles. The Morgan fingerprint density at radius 3 is 2.52 bits per heavy atom. The number of para-hydroxylation sites is 1. The molecule has 1 aromatic carbocycles. The third-order valence-corrected chi connectivity index (χ3v) is 3.90. The summed E-state index contributed by atoms with van der Waals surface area (Å²) in [5.74, 6) is 0.106. The van der Waals surface area contributed by atoms with Gasteiger partial charge >= 0.3 is 5.97 Å². The number of rotatable bonds is 5. The maximum Gasteiger partial charge on any atom is 0.339 e. The van der Waals surface area contributed by atoms with Crippen LogP contribution in [0.3, 0.4) is 0 Å². The van der Waals surface area contributed by atoms with Crippen LogP contribution in [0.25, 0.3) is 10.9 Å². The zero-order valence-electron chi connectivity index (χ0n) is 14.8. The molecule has 0 bridgehead atoms. The van der Waals surface area contributed by atoms with Crippen LogP contribution in [-0.4, -0.2) is 16.6 Å². The van der Waals surface area contributed by atoms with Crippen LogP contribution in [0.5, 0.6) is 0 Å². The molecule has 23 heavy (non-hydrogen) atoms. The van der Waals surface area contributed by atoms with E-state index in [0.717, 1.165) is 35.9 Å². The Labute approximate surface area is 139 Å². The predicted octanol–water partition coefficient (Wildman–Crippen LogP) is 5.48. The number of esters is 1. The fraction of sp³-hybridized carbons (Fsp3) is 0.500. The second-order valence-corrected chi connectivity index (χ2v) is 7.01. The molecule has 0 spiro atoms. The second-order valence-electron chi connectivity index (χ2n) is 7.01. The molecule has 0 aliphatic rings. The number of hydrogen-bond acceptors (Lipinski definition) is 3. The molecular formula is C20H27NO2. The summed E-state index contributed by atoms with van der Waals surface area (Å²) in [4.78, 5) is 17.4. The second kappa shape index (κ2) is 7.12. The minimum absolute atomic E-state index is 0.274. The molecule has 0 saturated carbocycles. The smallest absolute Gasteiger partial charge is 0.339 e. The average molecular weight is 313 g/mol. The van der Waals surface area contributed by atoms with Crippen molar-refractivity contribution in [3.8, 4) is 0 Å². The van der Waals surface area contributed by atoms with Crippen LogP contribution >= 0.6 is 0 Å². The summed E-state index contributed by atoms with van der Waals surface area (Å²) in [6.07, 6.45) is 3.21. The number of hydrogen-bond donors (Lipinski definition) is 0. The topological polar surface area (TPSA) is 39.2 Å². The summed E-state index contributed by atoms with van der Waals surface area (Å²) in [6.45, 7) is 10.0. The predicted molar refractivity (Wildman–Crippen MR) is 94.9 cm³/mol. The van der Waals surface area contributed by atoms with Crippen molar-refractivity contribution in [2.24, 2.45) is 0 Å². The summed E-state index contributed by atoms with van der Waals surface area (Å²) in [7, 11) is 0. The minimum Gasteiger partial charge on any atom is -0.456 e. The average Bonchev–Trinajstić information content (AvgIpc) is 2.49. The van der Waals surface area contributed by atoms with E-state index in [2.05, 4.69) is 13.8 Å². The van der Waals surface area contributed by atoms with Crippen molar-refractivity contribution >= 4 is 16.9 Å². The SMILES string of the molecule is CCCC(CC)c1cc(C(=O)OC(C)(C)C)c2ccccc2n1. The van der Waals surface area contributed by atoms with Crippen LogP contribution in [0.1, 0.15) is 75.9 Å². The Kier molecular flexibility index (Phi) is 5.40. The van der Waals surface area contributed by atoms with Crippen LogP contribution in [-0.2, 0) is 4.74 Å². The summed E-state index contributed by atoms with van der Waals surface area (Å²) < 4.78 is 5.59. The molecule has 0 fully saturated rings. The number of fused-ring (bicyclic) bond motifs is 1. The van der Waals surface area contributed by atoms with E-state index >= 15 is 0 Å². The van der Waals surface area contributed by atoms with Crippen molar-refractivity contribution in [3.63, 3.8) is 0 Å². The van der Waals surface area contributed by atoms with Gasteiger partial charge in [0.2, 0.25) is 0 Å². The highest BCUT2D eigenvalue weighted by atomic mass is 16.6. The highest BCUT2D eigenvalue weighted by Crippen LogP contribution is 2.28. The quantitative estimate of drug-likeness (QED) is 0.686. The van der Waals surface area contributed by atoms with Crippen LogP contribution in [0.4, 0.5) is 0 Å². The van der Waals surface area contributed by atoms with Crippen molar-refractivity contribution in [2.75, 3.05) is 0 Å². The Balaban J connectivity index is 2.54. The first-order valence-electron chi connectivity index (χ1n) is 8.48. The molecule has 1 aromatic heterocycles. The molecule has 0 amide bonds. The van der Waals surface area contributed by atoms with E-state index in [9.17, 15) is 4.79 Å². The van der Waals surface area contributed by atoms with Gasteiger partial charge in [-0.25, -0.2) is 4.79 Å². The monoisotopic (exact) mass is 313 g/mol. The normalized spacial score (nSPS) is 13.1. The molecule has 1 atom stereocenters. The van der Waals surface area contributed by atoms with Crippen molar-refractivity contribution in [1.29, 1.82) is 0 Å². The van der Waals surface area contributed by atoms with Crippen molar-refractivity contribution in [3.05, 3.63) is 41.6 Å². The maximum atomic E-state index is 12.6. The Morgan fingerprint density at radius 1 is 1.22 bits per heavy atom. The largest absolute Gasteiger partial charge is 0.456 e. The number of carbonyl (C=O) groups excluding carboxylic acids is 1. The van der Waals surface area contributed by atoms with E-state index in [1.165, 1.54) is 0 Å². The first kappa shape index (κ1) is 17.5. The molecule has 3 heteroatoms. The molecule has 2 rings (SSSR count). The Bertz CT molecular complexity index is 686. The van der Waals surface area contributed by atoms with Crippen molar-refractivity contribution in [1.82, 2.24) is 4.98 Å². The van der Waals surface area contributed by atoms with Gasteiger partial charge in [-0.1, -0.05) is 38.5 Å². The summed E-state index contributed by atoms with van der Waals surface area (Å²) in [5, 5.41) is 0.858. The minimum atomic E-state index is -0.505. The van der Waals surface area contributed by atoms with Gasteiger partial charge in [-0.2, -0.15) is 0 Å². The molecule has 1 unspecified atom stereocenters. The first-order chi connectivity index (χ1) is 10.9. The lowest BCUT2D eigenvalue weighted by atomic mass is 9.94. The molecule has 124 valence electrons. The third-order valence-electron chi connectivity index (χ3n) is 3.90. The lowest BCUT2D eigenvalue weighted by Gasteiger charge is -2.21. The fourth-order valence-electron chi connectivity index (χ4n) is 2.82. The molecule has 3 nitrogen and oxygen atoms in total. The van der Waals surface area contributed by atoms with Crippen molar-refractivity contribution in [2.45, 2.75) is 65.4 Å². The van der Waals surface area contributed by atoms with E-state index < -0.39 is 5.60 Å². The zero-order valence-corrected chi connectivity index (χ0v) is 14.8. The van der Waals surface area contributed by atoms with Gasteiger partial charge in [-0.05, 0) is 45.7 Å². The number of aromatic nitrogens is 1. The van der Waals surface area contributed by atoms with Crippen molar-refractivity contribution < 1.29 is 9.53 Å². The summed E-state index contributed by atoms with van der Waals surface area (Å²) >= 11 is 0. The molecule has 0 radical (unpaired) electrons. The van der Waals surface area contributed by atoms with E-state index in [1.54, 1.807) is 0 Å². The number of carbonyl (C=O) groups is 1. The Morgan fingerprint density at radius 2 is 1.91 bits per heavy atom. The van der Waals surface area contributed by atoms with Gasteiger partial charge in [0.1, 0.15) is 5.60 Å².